The highest BCUT2D eigenvalue weighted by molar-refractivity contribution is 6.33. The first kappa shape index (κ1) is 13.0. The smallest absolute Gasteiger partial charge is 0.284 e. The Bertz CT molecular complexity index is 735. The van der Waals surface area contributed by atoms with Crippen molar-refractivity contribution in [2.45, 2.75) is 6.92 Å². The van der Waals surface area contributed by atoms with Gasteiger partial charge in [-0.15, -0.1) is 0 Å². The van der Waals surface area contributed by atoms with E-state index in [1.54, 1.807) is 36.4 Å². The fourth-order valence-electron chi connectivity index (χ4n) is 2.23. The fraction of sp³-hybridized carbons (Fsp3) is 0.0667. The van der Waals surface area contributed by atoms with Gasteiger partial charge in [0.05, 0.1) is 11.3 Å². The molecule has 3 rings (SSSR count). The zero-order valence-electron chi connectivity index (χ0n) is 11.2. The molecule has 0 radical (unpaired) electrons. The van der Waals surface area contributed by atoms with Crippen molar-refractivity contribution in [2.75, 3.05) is 10.2 Å². The lowest BCUT2D eigenvalue weighted by atomic mass is 10.2. The summed E-state index contributed by atoms with van der Waals surface area (Å²) in [4.78, 5) is 40.7. The highest BCUT2D eigenvalue weighted by Gasteiger charge is 2.37. The molecule has 1 aromatic carbocycles. The molecule has 0 unspecified atom stereocenters. The molecule has 2 heterocycles. The van der Waals surface area contributed by atoms with E-state index < -0.39 is 11.8 Å². The van der Waals surface area contributed by atoms with Crippen LogP contribution in [0.25, 0.3) is 0 Å². The molecule has 0 bridgehead atoms. The van der Waals surface area contributed by atoms with Crippen molar-refractivity contribution in [3.8, 4) is 0 Å². The molecule has 0 atom stereocenters. The Morgan fingerprint density at radius 1 is 1.14 bits per heavy atom. The predicted molar refractivity (Wildman–Crippen MR) is 76.1 cm³/mol. The van der Waals surface area contributed by atoms with E-state index in [0.29, 0.717) is 11.4 Å². The standard InChI is InChI=1S/C15H11N3O3/c1-9(19)17-10-4-2-5-11(8-10)18-14(20)12-6-3-7-16-13(12)15(18)21/h2-8H,1H3,(H,17,19). The van der Waals surface area contributed by atoms with Crippen LogP contribution in [0.2, 0.25) is 0 Å². The van der Waals surface area contributed by atoms with E-state index in [2.05, 4.69) is 10.3 Å². The lowest BCUT2D eigenvalue weighted by Gasteiger charge is -2.14. The molecule has 2 aromatic rings. The molecular weight excluding hydrogens is 270 g/mol. The van der Waals surface area contributed by atoms with Crippen LogP contribution in [0.5, 0.6) is 0 Å². The monoisotopic (exact) mass is 281 g/mol. The third kappa shape index (κ3) is 2.16. The number of nitrogens with one attached hydrogen (secondary N) is 1. The van der Waals surface area contributed by atoms with E-state index in [1.165, 1.54) is 13.1 Å². The first-order valence-electron chi connectivity index (χ1n) is 6.29. The van der Waals surface area contributed by atoms with E-state index in [9.17, 15) is 14.4 Å². The molecule has 0 aliphatic carbocycles. The number of rotatable bonds is 2. The number of pyridine rings is 1. The van der Waals surface area contributed by atoms with E-state index in [4.69, 9.17) is 0 Å². The molecule has 1 aliphatic heterocycles. The zero-order valence-corrected chi connectivity index (χ0v) is 11.2. The first-order chi connectivity index (χ1) is 10.1. The van der Waals surface area contributed by atoms with Gasteiger partial charge in [-0.1, -0.05) is 6.07 Å². The summed E-state index contributed by atoms with van der Waals surface area (Å²) in [5.74, 6) is -1.10. The molecule has 21 heavy (non-hydrogen) atoms. The van der Waals surface area contributed by atoms with Crippen molar-refractivity contribution in [3.05, 3.63) is 53.9 Å². The maximum Gasteiger partial charge on any atom is 0.284 e. The Morgan fingerprint density at radius 3 is 2.67 bits per heavy atom. The summed E-state index contributed by atoms with van der Waals surface area (Å²) in [6.07, 6.45) is 1.47. The Kier molecular flexibility index (Phi) is 2.98. The van der Waals surface area contributed by atoms with Crippen LogP contribution in [-0.2, 0) is 4.79 Å². The number of imide groups is 1. The van der Waals surface area contributed by atoms with Gasteiger partial charge in [-0.25, -0.2) is 4.90 Å². The van der Waals surface area contributed by atoms with Crippen molar-refractivity contribution in [3.63, 3.8) is 0 Å². The molecule has 0 saturated carbocycles. The van der Waals surface area contributed by atoms with Crippen LogP contribution < -0.4 is 10.2 Å². The molecule has 1 N–H and O–H groups in total. The van der Waals surface area contributed by atoms with Gasteiger partial charge in [0, 0.05) is 18.8 Å². The quantitative estimate of drug-likeness (QED) is 0.852. The Morgan fingerprint density at radius 2 is 1.95 bits per heavy atom. The fourth-order valence-corrected chi connectivity index (χ4v) is 2.23. The number of fused-ring (bicyclic) bond motifs is 1. The number of aromatic nitrogens is 1. The molecule has 3 amide bonds. The normalized spacial score (nSPS) is 13.3. The van der Waals surface area contributed by atoms with Crippen molar-refractivity contribution in [1.29, 1.82) is 0 Å². The highest BCUT2D eigenvalue weighted by Crippen LogP contribution is 2.28. The molecule has 1 aromatic heterocycles. The number of nitrogens with zero attached hydrogens (tertiary/aromatic N) is 2. The number of carbonyl (C=O) groups excluding carboxylic acids is 3. The summed E-state index contributed by atoms with van der Waals surface area (Å²) in [7, 11) is 0. The van der Waals surface area contributed by atoms with Crippen LogP contribution in [0.4, 0.5) is 11.4 Å². The topological polar surface area (TPSA) is 79.4 Å². The summed E-state index contributed by atoms with van der Waals surface area (Å²) in [6.45, 7) is 1.39. The van der Waals surface area contributed by atoms with Gasteiger partial charge in [0.25, 0.3) is 11.8 Å². The number of anilines is 2. The van der Waals surface area contributed by atoms with Crippen molar-refractivity contribution >= 4 is 29.1 Å². The Hall–Kier alpha value is -3.02. The molecule has 104 valence electrons. The third-order valence-electron chi connectivity index (χ3n) is 3.07. The number of benzene rings is 1. The van der Waals surface area contributed by atoms with Crippen LogP contribution >= 0.6 is 0 Å². The summed E-state index contributed by atoms with van der Waals surface area (Å²) in [5.41, 5.74) is 1.35. The largest absolute Gasteiger partial charge is 0.326 e. The lowest BCUT2D eigenvalue weighted by Crippen LogP contribution is -2.29. The van der Waals surface area contributed by atoms with Gasteiger partial charge in [-0.05, 0) is 30.3 Å². The van der Waals surface area contributed by atoms with E-state index in [0.717, 1.165) is 4.90 Å². The lowest BCUT2D eigenvalue weighted by molar-refractivity contribution is -0.114. The second-order valence-electron chi connectivity index (χ2n) is 4.58. The number of hydrogen-bond acceptors (Lipinski definition) is 4. The average molecular weight is 281 g/mol. The van der Waals surface area contributed by atoms with E-state index >= 15 is 0 Å². The second kappa shape index (κ2) is 4.82. The summed E-state index contributed by atoms with van der Waals surface area (Å²) in [5, 5.41) is 2.62. The van der Waals surface area contributed by atoms with Gasteiger partial charge < -0.3 is 5.32 Å². The molecule has 6 nitrogen and oxygen atoms in total. The van der Waals surface area contributed by atoms with Crippen molar-refractivity contribution in [2.24, 2.45) is 0 Å². The molecule has 1 aliphatic rings. The molecule has 6 heteroatoms. The minimum absolute atomic E-state index is 0.146. The van der Waals surface area contributed by atoms with Gasteiger partial charge in [0.2, 0.25) is 5.91 Å². The van der Waals surface area contributed by atoms with Gasteiger partial charge in [0.15, 0.2) is 0 Å². The maximum atomic E-state index is 12.3. The number of carbonyl (C=O) groups is 3. The summed E-state index contributed by atoms with van der Waals surface area (Å²) < 4.78 is 0. The third-order valence-corrected chi connectivity index (χ3v) is 3.07. The predicted octanol–water partition coefficient (Wildman–Crippen LogP) is 1.84. The summed E-state index contributed by atoms with van der Waals surface area (Å²) >= 11 is 0. The average Bonchev–Trinajstić information content (AvgIpc) is 2.71. The van der Waals surface area contributed by atoms with Crippen molar-refractivity contribution < 1.29 is 14.4 Å². The van der Waals surface area contributed by atoms with Crippen molar-refractivity contribution in [1.82, 2.24) is 4.98 Å². The highest BCUT2D eigenvalue weighted by atomic mass is 16.2. The molecular formula is C15H11N3O3. The molecule has 0 spiro atoms. The van der Waals surface area contributed by atoms with Crippen LogP contribution in [-0.4, -0.2) is 22.7 Å². The Labute approximate surface area is 120 Å². The molecule has 0 saturated heterocycles. The van der Waals surface area contributed by atoms with Crippen LogP contribution in [0.1, 0.15) is 27.8 Å². The zero-order chi connectivity index (χ0) is 15.0. The maximum absolute atomic E-state index is 12.3. The van der Waals surface area contributed by atoms with Gasteiger partial charge in [-0.3, -0.25) is 19.4 Å². The Balaban J connectivity index is 2.01. The first-order valence-corrected chi connectivity index (χ1v) is 6.29. The van der Waals surface area contributed by atoms with E-state index in [1.807, 2.05) is 0 Å². The number of amides is 3. The SMILES string of the molecule is CC(=O)Nc1cccc(N2C(=O)c3cccnc3C2=O)c1. The van der Waals surface area contributed by atoms with Gasteiger partial charge in [-0.2, -0.15) is 0 Å². The second-order valence-corrected chi connectivity index (χ2v) is 4.58. The van der Waals surface area contributed by atoms with Crippen LogP contribution in [0.3, 0.4) is 0 Å². The number of hydrogen-bond donors (Lipinski definition) is 1. The van der Waals surface area contributed by atoms with Crippen LogP contribution in [0.15, 0.2) is 42.6 Å². The molecule has 0 fully saturated rings. The van der Waals surface area contributed by atoms with Crippen LogP contribution in [0, 0.1) is 0 Å². The van der Waals surface area contributed by atoms with Gasteiger partial charge >= 0.3 is 0 Å². The minimum Gasteiger partial charge on any atom is -0.326 e. The summed E-state index contributed by atoms with van der Waals surface area (Å²) in [6, 6.07) is 9.73. The minimum atomic E-state index is -0.462. The van der Waals surface area contributed by atoms with E-state index in [-0.39, 0.29) is 17.2 Å². The van der Waals surface area contributed by atoms with Gasteiger partial charge in [0.1, 0.15) is 5.69 Å².